The van der Waals surface area contributed by atoms with Crippen molar-refractivity contribution in [3.63, 3.8) is 0 Å². The number of nitrogens with zero attached hydrogens (tertiary/aromatic N) is 3. The number of thioether (sulfide) groups is 1. The van der Waals surface area contributed by atoms with Gasteiger partial charge >= 0.3 is 0 Å². The van der Waals surface area contributed by atoms with Crippen molar-refractivity contribution in [3.05, 3.63) is 0 Å². The summed E-state index contributed by atoms with van der Waals surface area (Å²) in [6, 6.07) is 0.0246. The van der Waals surface area contributed by atoms with E-state index in [0.29, 0.717) is 25.7 Å². The third kappa shape index (κ3) is 6.15. The molecule has 6 nitrogen and oxygen atoms in total. The van der Waals surface area contributed by atoms with E-state index < -0.39 is 6.04 Å². The Labute approximate surface area is 156 Å². The zero-order valence-corrected chi connectivity index (χ0v) is 16.6. The number of carbonyl (C=O) groups is 2. The molecule has 1 saturated carbocycles. The van der Waals surface area contributed by atoms with E-state index in [9.17, 15) is 9.59 Å². The van der Waals surface area contributed by atoms with Crippen molar-refractivity contribution in [2.75, 3.05) is 51.8 Å². The van der Waals surface area contributed by atoms with E-state index in [0.717, 1.165) is 38.1 Å². The van der Waals surface area contributed by atoms with Crippen molar-refractivity contribution in [2.24, 2.45) is 5.73 Å². The van der Waals surface area contributed by atoms with Crippen molar-refractivity contribution in [1.29, 1.82) is 0 Å². The standard InChI is InChI=1S/C18H34N4O2S/c1-20(15-6-4-3-5-7-15)17(23)14-21-9-11-22(12-10-21)18(24)16(19)8-13-25-2/h15-16H,3-14,19H2,1-2H3/t16-/m0/s1. The molecule has 25 heavy (non-hydrogen) atoms. The maximum atomic E-state index is 12.5. The number of hydrogen-bond donors (Lipinski definition) is 1. The molecule has 0 aromatic heterocycles. The smallest absolute Gasteiger partial charge is 0.239 e. The molecule has 144 valence electrons. The zero-order chi connectivity index (χ0) is 18.2. The Hall–Kier alpha value is -0.790. The Morgan fingerprint density at radius 1 is 1.16 bits per heavy atom. The van der Waals surface area contributed by atoms with Crippen molar-refractivity contribution >= 4 is 23.6 Å². The number of nitrogens with two attached hydrogens (primary N) is 1. The lowest BCUT2D eigenvalue weighted by atomic mass is 9.94. The number of amides is 2. The SMILES string of the molecule is CSCC[C@H](N)C(=O)N1CCN(CC(=O)N(C)C2CCCCC2)CC1. The van der Waals surface area contributed by atoms with Gasteiger partial charge in [-0.15, -0.1) is 0 Å². The van der Waals surface area contributed by atoms with Gasteiger partial charge in [-0.3, -0.25) is 14.5 Å². The third-order valence-electron chi connectivity index (χ3n) is 5.51. The highest BCUT2D eigenvalue weighted by atomic mass is 32.2. The maximum Gasteiger partial charge on any atom is 0.239 e. The molecule has 0 spiro atoms. The van der Waals surface area contributed by atoms with Gasteiger partial charge in [-0.05, 0) is 31.3 Å². The number of rotatable bonds is 7. The molecule has 1 saturated heterocycles. The van der Waals surface area contributed by atoms with Crippen LogP contribution >= 0.6 is 11.8 Å². The Bertz CT molecular complexity index is 435. The number of likely N-dealkylation sites (N-methyl/N-ethyl adjacent to an activating group) is 1. The summed E-state index contributed by atoms with van der Waals surface area (Å²) in [5.74, 6) is 1.18. The number of piperazine rings is 1. The highest BCUT2D eigenvalue weighted by molar-refractivity contribution is 7.98. The molecule has 2 fully saturated rings. The molecule has 7 heteroatoms. The van der Waals surface area contributed by atoms with Crippen LogP contribution in [-0.2, 0) is 9.59 Å². The third-order valence-corrected chi connectivity index (χ3v) is 6.15. The average molecular weight is 371 g/mol. The summed E-state index contributed by atoms with van der Waals surface area (Å²) in [7, 11) is 1.95. The van der Waals surface area contributed by atoms with Crippen LogP contribution in [0.5, 0.6) is 0 Å². The van der Waals surface area contributed by atoms with Gasteiger partial charge in [0.15, 0.2) is 0 Å². The van der Waals surface area contributed by atoms with E-state index >= 15 is 0 Å². The van der Waals surface area contributed by atoms with E-state index in [2.05, 4.69) is 4.90 Å². The molecule has 1 atom stereocenters. The summed E-state index contributed by atoms with van der Waals surface area (Å²) >= 11 is 1.71. The quantitative estimate of drug-likeness (QED) is 0.724. The first kappa shape index (κ1) is 20.5. The summed E-state index contributed by atoms with van der Waals surface area (Å²) < 4.78 is 0. The van der Waals surface area contributed by atoms with Crippen LogP contribution in [0.3, 0.4) is 0 Å². The lowest BCUT2D eigenvalue weighted by Gasteiger charge is -2.37. The molecule has 0 unspecified atom stereocenters. The predicted molar refractivity (Wildman–Crippen MR) is 104 cm³/mol. The second-order valence-corrected chi connectivity index (χ2v) is 8.27. The highest BCUT2D eigenvalue weighted by Gasteiger charge is 2.28. The summed E-state index contributed by atoms with van der Waals surface area (Å²) in [6.07, 6.45) is 8.80. The monoisotopic (exact) mass is 370 g/mol. The second-order valence-electron chi connectivity index (χ2n) is 7.29. The highest BCUT2D eigenvalue weighted by Crippen LogP contribution is 2.21. The van der Waals surface area contributed by atoms with Crippen LogP contribution in [0.4, 0.5) is 0 Å². The largest absolute Gasteiger partial charge is 0.342 e. The second kappa shape index (κ2) is 10.4. The van der Waals surface area contributed by atoms with Gasteiger partial charge in [0, 0.05) is 39.3 Å². The van der Waals surface area contributed by atoms with Crippen molar-refractivity contribution in [3.8, 4) is 0 Å². The predicted octanol–water partition coefficient (Wildman–Crippen LogP) is 1.00. The first-order valence-electron chi connectivity index (χ1n) is 9.54. The van der Waals surface area contributed by atoms with Gasteiger partial charge in [-0.25, -0.2) is 0 Å². The minimum atomic E-state index is -0.391. The van der Waals surface area contributed by atoms with Crippen LogP contribution in [0.1, 0.15) is 38.5 Å². The fraction of sp³-hybridized carbons (Fsp3) is 0.889. The summed E-state index contributed by atoms with van der Waals surface area (Å²) in [4.78, 5) is 30.9. The van der Waals surface area contributed by atoms with Crippen molar-refractivity contribution < 1.29 is 9.59 Å². The Morgan fingerprint density at radius 3 is 2.40 bits per heavy atom. The van der Waals surface area contributed by atoms with E-state index in [4.69, 9.17) is 5.73 Å². The fourth-order valence-corrected chi connectivity index (χ4v) is 4.19. The normalized spacial score (nSPS) is 21.2. The van der Waals surface area contributed by atoms with Gasteiger partial charge in [0.1, 0.15) is 0 Å². The molecule has 1 aliphatic heterocycles. The molecule has 2 aliphatic rings. The van der Waals surface area contributed by atoms with Gasteiger partial charge in [0.2, 0.25) is 11.8 Å². The maximum absolute atomic E-state index is 12.5. The van der Waals surface area contributed by atoms with E-state index in [1.165, 1.54) is 19.3 Å². The molecular formula is C18H34N4O2S. The van der Waals surface area contributed by atoms with Crippen LogP contribution in [-0.4, -0.2) is 90.4 Å². The molecule has 0 bridgehead atoms. The van der Waals surface area contributed by atoms with E-state index in [-0.39, 0.29) is 11.8 Å². The Morgan fingerprint density at radius 2 is 1.80 bits per heavy atom. The lowest BCUT2D eigenvalue weighted by Crippen LogP contribution is -2.55. The minimum absolute atomic E-state index is 0.0550. The van der Waals surface area contributed by atoms with Gasteiger partial charge < -0.3 is 15.5 Å². The van der Waals surface area contributed by atoms with E-state index in [1.54, 1.807) is 11.8 Å². The molecule has 2 amide bonds. The number of hydrogen-bond acceptors (Lipinski definition) is 5. The van der Waals surface area contributed by atoms with Gasteiger partial charge in [-0.2, -0.15) is 11.8 Å². The topological polar surface area (TPSA) is 69.9 Å². The van der Waals surface area contributed by atoms with E-state index in [1.807, 2.05) is 23.1 Å². The summed E-state index contributed by atoms with van der Waals surface area (Å²) in [5, 5.41) is 0. The molecular weight excluding hydrogens is 336 g/mol. The first-order chi connectivity index (χ1) is 12.0. The fourth-order valence-electron chi connectivity index (χ4n) is 3.70. The molecule has 0 aromatic rings. The molecule has 2 N–H and O–H groups in total. The van der Waals surface area contributed by atoms with Crippen molar-refractivity contribution in [1.82, 2.24) is 14.7 Å². The Kier molecular flexibility index (Phi) is 8.52. The van der Waals surface area contributed by atoms with Gasteiger partial charge in [-0.1, -0.05) is 19.3 Å². The van der Waals surface area contributed by atoms with Crippen LogP contribution in [0, 0.1) is 0 Å². The Balaban J connectivity index is 1.72. The summed E-state index contributed by atoms with van der Waals surface area (Å²) in [6.45, 7) is 3.32. The first-order valence-corrected chi connectivity index (χ1v) is 10.9. The van der Waals surface area contributed by atoms with Crippen LogP contribution in [0.2, 0.25) is 0 Å². The number of carbonyl (C=O) groups excluding carboxylic acids is 2. The van der Waals surface area contributed by atoms with Crippen molar-refractivity contribution in [2.45, 2.75) is 50.6 Å². The van der Waals surface area contributed by atoms with Crippen LogP contribution < -0.4 is 5.73 Å². The van der Waals surface area contributed by atoms with Crippen LogP contribution in [0.25, 0.3) is 0 Å². The molecule has 0 aromatic carbocycles. The molecule has 0 radical (unpaired) electrons. The van der Waals surface area contributed by atoms with Gasteiger partial charge in [0.05, 0.1) is 12.6 Å². The summed E-state index contributed by atoms with van der Waals surface area (Å²) in [5.41, 5.74) is 5.99. The minimum Gasteiger partial charge on any atom is -0.342 e. The zero-order valence-electron chi connectivity index (χ0n) is 15.8. The molecule has 1 aliphatic carbocycles. The molecule has 1 heterocycles. The molecule has 2 rings (SSSR count). The lowest BCUT2D eigenvalue weighted by molar-refractivity contribution is -0.136. The van der Waals surface area contributed by atoms with Gasteiger partial charge in [0.25, 0.3) is 0 Å². The van der Waals surface area contributed by atoms with Crippen LogP contribution in [0.15, 0.2) is 0 Å². The average Bonchev–Trinajstić information content (AvgIpc) is 2.66.